The standard InChI is InChI=1S/C16H10ClFO4/c1-20-16(19)11-4-3-10(8-12(11)17)22-15-13(18)5-2-9-6-7-21-14(9)15/h2-8H,1H3. The van der Waals surface area contributed by atoms with Crippen molar-refractivity contribution < 1.29 is 23.1 Å². The van der Waals surface area contributed by atoms with Crippen molar-refractivity contribution in [3.05, 3.63) is 59.1 Å². The molecule has 1 heterocycles. The van der Waals surface area contributed by atoms with Crippen molar-refractivity contribution in [3.63, 3.8) is 0 Å². The molecular formula is C16H10ClFO4. The minimum absolute atomic E-state index is 0.0376. The average molecular weight is 321 g/mol. The summed E-state index contributed by atoms with van der Waals surface area (Å²) in [6.45, 7) is 0. The first kappa shape index (κ1) is 14.4. The van der Waals surface area contributed by atoms with Gasteiger partial charge in [0, 0.05) is 11.5 Å². The number of ether oxygens (including phenoxy) is 2. The summed E-state index contributed by atoms with van der Waals surface area (Å²) in [6.07, 6.45) is 1.45. The van der Waals surface area contributed by atoms with Crippen LogP contribution in [0.25, 0.3) is 11.0 Å². The maximum Gasteiger partial charge on any atom is 0.339 e. The normalized spacial score (nSPS) is 10.7. The SMILES string of the molecule is COC(=O)c1ccc(Oc2c(F)ccc3ccoc23)cc1Cl. The number of halogens is 2. The molecule has 0 fully saturated rings. The highest BCUT2D eigenvalue weighted by Crippen LogP contribution is 2.34. The molecule has 0 bridgehead atoms. The molecule has 6 heteroatoms. The van der Waals surface area contributed by atoms with Crippen molar-refractivity contribution in [1.82, 2.24) is 0 Å². The van der Waals surface area contributed by atoms with Crippen LogP contribution in [-0.4, -0.2) is 13.1 Å². The molecule has 0 N–H and O–H groups in total. The van der Waals surface area contributed by atoms with Crippen molar-refractivity contribution >= 4 is 28.5 Å². The fourth-order valence-corrected chi connectivity index (χ4v) is 2.28. The maximum atomic E-state index is 14.0. The summed E-state index contributed by atoms with van der Waals surface area (Å²) in [4.78, 5) is 11.5. The highest BCUT2D eigenvalue weighted by atomic mass is 35.5. The molecule has 0 saturated carbocycles. The number of carbonyl (C=O) groups excluding carboxylic acids is 1. The van der Waals surface area contributed by atoms with Crippen LogP contribution in [0.2, 0.25) is 5.02 Å². The van der Waals surface area contributed by atoms with Gasteiger partial charge in [-0.15, -0.1) is 0 Å². The van der Waals surface area contributed by atoms with Gasteiger partial charge in [0.1, 0.15) is 5.75 Å². The van der Waals surface area contributed by atoms with E-state index in [2.05, 4.69) is 4.74 Å². The predicted molar refractivity (Wildman–Crippen MR) is 79.0 cm³/mol. The third-order valence-corrected chi connectivity index (χ3v) is 3.41. The lowest BCUT2D eigenvalue weighted by Crippen LogP contribution is -2.02. The molecule has 4 nitrogen and oxygen atoms in total. The summed E-state index contributed by atoms with van der Waals surface area (Å²) in [5, 5.41) is 0.866. The van der Waals surface area contributed by atoms with Crippen LogP contribution < -0.4 is 4.74 Å². The summed E-state index contributed by atoms with van der Waals surface area (Å²) < 4.78 is 29.3. The molecule has 0 saturated heterocycles. The molecule has 2 aromatic carbocycles. The number of fused-ring (bicyclic) bond motifs is 1. The fourth-order valence-electron chi connectivity index (χ4n) is 2.03. The van der Waals surface area contributed by atoms with Gasteiger partial charge in [0.15, 0.2) is 11.4 Å². The Kier molecular flexibility index (Phi) is 3.73. The van der Waals surface area contributed by atoms with Crippen LogP contribution in [0.4, 0.5) is 4.39 Å². The second-order valence-electron chi connectivity index (χ2n) is 4.45. The zero-order valence-corrected chi connectivity index (χ0v) is 12.2. The van der Waals surface area contributed by atoms with Gasteiger partial charge < -0.3 is 13.9 Å². The van der Waals surface area contributed by atoms with Crippen LogP contribution in [0.5, 0.6) is 11.5 Å². The van der Waals surface area contributed by atoms with E-state index in [-0.39, 0.29) is 22.1 Å². The minimum atomic E-state index is -0.560. The number of rotatable bonds is 3. The van der Waals surface area contributed by atoms with Gasteiger partial charge in [-0.3, -0.25) is 0 Å². The number of furan rings is 1. The summed E-state index contributed by atoms with van der Waals surface area (Å²) in [7, 11) is 1.26. The highest BCUT2D eigenvalue weighted by molar-refractivity contribution is 6.33. The van der Waals surface area contributed by atoms with Crippen molar-refractivity contribution in [1.29, 1.82) is 0 Å². The van der Waals surface area contributed by atoms with E-state index in [0.29, 0.717) is 11.0 Å². The predicted octanol–water partition coefficient (Wildman–Crippen LogP) is 4.80. The molecule has 1 aromatic heterocycles. The number of carbonyl (C=O) groups is 1. The Labute approximate surface area is 130 Å². The topological polar surface area (TPSA) is 48.7 Å². The number of methoxy groups -OCH3 is 1. The van der Waals surface area contributed by atoms with Gasteiger partial charge in [-0.25, -0.2) is 9.18 Å². The summed E-state index contributed by atoms with van der Waals surface area (Å²) in [6, 6.07) is 8.94. The molecule has 0 aliphatic carbocycles. The van der Waals surface area contributed by atoms with Crippen molar-refractivity contribution in [2.45, 2.75) is 0 Å². The van der Waals surface area contributed by atoms with Gasteiger partial charge >= 0.3 is 5.97 Å². The van der Waals surface area contributed by atoms with E-state index in [9.17, 15) is 9.18 Å². The zero-order valence-electron chi connectivity index (χ0n) is 11.4. The molecule has 112 valence electrons. The largest absolute Gasteiger partial charge is 0.465 e. The van der Waals surface area contributed by atoms with Gasteiger partial charge in [-0.1, -0.05) is 11.6 Å². The highest BCUT2D eigenvalue weighted by Gasteiger charge is 2.15. The monoisotopic (exact) mass is 320 g/mol. The average Bonchev–Trinajstić information content (AvgIpc) is 2.98. The first-order valence-electron chi connectivity index (χ1n) is 6.31. The van der Waals surface area contributed by atoms with E-state index < -0.39 is 11.8 Å². The van der Waals surface area contributed by atoms with Gasteiger partial charge in [0.05, 0.1) is 24.0 Å². The molecule has 0 amide bonds. The second-order valence-corrected chi connectivity index (χ2v) is 4.86. The van der Waals surface area contributed by atoms with Crippen LogP contribution in [0.3, 0.4) is 0 Å². The molecular weight excluding hydrogens is 311 g/mol. The van der Waals surface area contributed by atoms with Crippen molar-refractivity contribution in [2.24, 2.45) is 0 Å². The van der Waals surface area contributed by atoms with Crippen molar-refractivity contribution in [3.8, 4) is 11.5 Å². The summed E-state index contributed by atoms with van der Waals surface area (Å²) in [5.74, 6) is -0.878. The Bertz CT molecular complexity index is 856. The lowest BCUT2D eigenvalue weighted by atomic mass is 10.2. The Morgan fingerprint density at radius 1 is 1.23 bits per heavy atom. The van der Waals surface area contributed by atoms with E-state index in [1.54, 1.807) is 12.1 Å². The third kappa shape index (κ3) is 2.51. The molecule has 0 unspecified atom stereocenters. The molecule has 3 rings (SSSR count). The molecule has 3 aromatic rings. The van der Waals surface area contributed by atoms with Gasteiger partial charge in [-0.05, 0) is 30.3 Å². The van der Waals surface area contributed by atoms with E-state index in [1.165, 1.54) is 37.6 Å². The molecule has 0 aliphatic heterocycles. The molecule has 0 aliphatic rings. The molecule has 22 heavy (non-hydrogen) atoms. The number of hydrogen-bond acceptors (Lipinski definition) is 4. The van der Waals surface area contributed by atoms with Crippen LogP contribution in [0.1, 0.15) is 10.4 Å². The maximum absolute atomic E-state index is 14.0. The van der Waals surface area contributed by atoms with E-state index >= 15 is 0 Å². The van der Waals surface area contributed by atoms with Gasteiger partial charge in [0.25, 0.3) is 0 Å². The quantitative estimate of drug-likeness (QED) is 0.650. The zero-order chi connectivity index (χ0) is 15.7. The lowest BCUT2D eigenvalue weighted by Gasteiger charge is -2.09. The molecule has 0 atom stereocenters. The van der Waals surface area contributed by atoms with E-state index in [4.69, 9.17) is 20.8 Å². The number of benzene rings is 2. The number of esters is 1. The lowest BCUT2D eigenvalue weighted by molar-refractivity contribution is 0.0601. The Morgan fingerprint density at radius 3 is 2.77 bits per heavy atom. The summed E-state index contributed by atoms with van der Waals surface area (Å²) in [5.41, 5.74) is 0.501. The first-order valence-corrected chi connectivity index (χ1v) is 6.69. The van der Waals surface area contributed by atoms with Crippen LogP contribution in [-0.2, 0) is 4.74 Å². The van der Waals surface area contributed by atoms with E-state index in [1.807, 2.05) is 0 Å². The Morgan fingerprint density at radius 2 is 2.05 bits per heavy atom. The summed E-state index contributed by atoms with van der Waals surface area (Å²) >= 11 is 6.01. The minimum Gasteiger partial charge on any atom is -0.465 e. The van der Waals surface area contributed by atoms with Crippen LogP contribution >= 0.6 is 11.6 Å². The Balaban J connectivity index is 1.99. The second kappa shape index (κ2) is 5.69. The van der Waals surface area contributed by atoms with Gasteiger partial charge in [-0.2, -0.15) is 0 Å². The first-order chi connectivity index (χ1) is 10.6. The fraction of sp³-hybridized carbons (Fsp3) is 0.0625. The van der Waals surface area contributed by atoms with Crippen LogP contribution in [0.15, 0.2) is 47.1 Å². The van der Waals surface area contributed by atoms with Crippen LogP contribution in [0, 0.1) is 5.82 Å². The van der Waals surface area contributed by atoms with E-state index in [0.717, 1.165) is 0 Å². The third-order valence-electron chi connectivity index (χ3n) is 3.09. The smallest absolute Gasteiger partial charge is 0.339 e. The van der Waals surface area contributed by atoms with Crippen molar-refractivity contribution in [2.75, 3.05) is 7.11 Å². The molecule has 0 spiro atoms. The molecule has 0 radical (unpaired) electrons. The Hall–Kier alpha value is -2.53. The number of hydrogen-bond donors (Lipinski definition) is 0. The van der Waals surface area contributed by atoms with Gasteiger partial charge in [0.2, 0.25) is 5.75 Å².